The lowest BCUT2D eigenvalue weighted by atomic mass is 9.85. The minimum atomic E-state index is -4.12. The zero-order valence-electron chi connectivity index (χ0n) is 20.8. The van der Waals surface area contributed by atoms with Crippen molar-refractivity contribution in [1.82, 2.24) is 5.43 Å². The molecular formula is C29H25BrN2O6S. The molecule has 0 radical (unpaired) electrons. The second-order valence-electron chi connectivity index (χ2n) is 8.26. The van der Waals surface area contributed by atoms with Gasteiger partial charge in [0.1, 0.15) is 4.90 Å². The number of hydrazone groups is 1. The maximum absolute atomic E-state index is 13.2. The molecule has 0 bridgehead atoms. The molecule has 8 nitrogen and oxygen atoms in total. The van der Waals surface area contributed by atoms with Crippen LogP contribution in [-0.4, -0.2) is 32.3 Å². The van der Waals surface area contributed by atoms with Gasteiger partial charge in [0.25, 0.3) is 5.91 Å². The maximum Gasteiger partial charge on any atom is 0.339 e. The van der Waals surface area contributed by atoms with Gasteiger partial charge in [0.15, 0.2) is 17.1 Å². The van der Waals surface area contributed by atoms with Crippen molar-refractivity contribution in [2.75, 3.05) is 6.61 Å². The van der Waals surface area contributed by atoms with Crippen LogP contribution in [0.3, 0.4) is 0 Å². The normalized spacial score (nSPS) is 11.8. The van der Waals surface area contributed by atoms with Gasteiger partial charge in [-0.1, -0.05) is 78.9 Å². The zero-order chi connectivity index (χ0) is 27.9. The molecule has 0 saturated carbocycles. The first-order valence-electron chi connectivity index (χ1n) is 11.9. The van der Waals surface area contributed by atoms with Gasteiger partial charge in [-0.3, -0.25) is 4.79 Å². The first-order valence-corrected chi connectivity index (χ1v) is 14.1. The maximum atomic E-state index is 13.2. The van der Waals surface area contributed by atoms with Crippen LogP contribution in [-0.2, 0) is 20.5 Å². The van der Waals surface area contributed by atoms with E-state index in [-0.39, 0.29) is 23.0 Å². The molecule has 10 heteroatoms. The van der Waals surface area contributed by atoms with E-state index in [0.717, 1.165) is 0 Å². The summed E-state index contributed by atoms with van der Waals surface area (Å²) >= 11 is 3.35. The highest BCUT2D eigenvalue weighted by atomic mass is 79.9. The Labute approximate surface area is 235 Å². The van der Waals surface area contributed by atoms with Crippen molar-refractivity contribution in [3.8, 4) is 11.5 Å². The topological polar surface area (TPSA) is 114 Å². The molecule has 0 unspecified atom stereocenters. The number of nitrogens with one attached hydrogen (secondary N) is 1. The van der Waals surface area contributed by atoms with E-state index in [1.807, 2.05) is 0 Å². The number of hydrogen-bond acceptors (Lipinski definition) is 7. The summed E-state index contributed by atoms with van der Waals surface area (Å²) in [5, 5.41) is 15.6. The third-order valence-electron chi connectivity index (χ3n) is 5.65. The fraction of sp³-hybridized carbons (Fsp3) is 0.103. The second kappa shape index (κ2) is 12.2. The average Bonchev–Trinajstić information content (AvgIpc) is 2.96. The van der Waals surface area contributed by atoms with E-state index in [9.17, 15) is 18.3 Å². The van der Waals surface area contributed by atoms with Crippen molar-refractivity contribution < 1.29 is 27.2 Å². The monoisotopic (exact) mass is 608 g/mol. The molecule has 0 aromatic heterocycles. The molecule has 0 aliphatic heterocycles. The standard InChI is InChI=1S/C29H25BrN2O6S/c1-2-37-26-19-21(18-25(30)27(26)38-39(35,36)24-16-10-5-11-17-24)20-31-32-28(33)29(34,22-12-6-3-7-13-22)23-14-8-4-9-15-23/h3-20,34H,2H2,1H3,(H,32,33)/b31-20-. The molecule has 4 aromatic rings. The van der Waals surface area contributed by atoms with Crippen molar-refractivity contribution >= 4 is 38.2 Å². The van der Waals surface area contributed by atoms with Crippen molar-refractivity contribution in [2.45, 2.75) is 17.4 Å². The Morgan fingerprint density at radius 3 is 2.03 bits per heavy atom. The van der Waals surface area contributed by atoms with Crippen LogP contribution in [0.4, 0.5) is 0 Å². The molecule has 0 atom stereocenters. The number of carbonyl (C=O) groups excluding carboxylic acids is 1. The Hall–Kier alpha value is -3.99. The highest BCUT2D eigenvalue weighted by Gasteiger charge is 2.39. The number of halogens is 1. The van der Waals surface area contributed by atoms with Crippen LogP contribution >= 0.6 is 15.9 Å². The zero-order valence-corrected chi connectivity index (χ0v) is 23.2. The minimum absolute atomic E-state index is 0.00276. The molecule has 0 fully saturated rings. The molecule has 0 saturated heterocycles. The summed E-state index contributed by atoms with van der Waals surface area (Å²) in [6.45, 7) is 1.99. The first-order chi connectivity index (χ1) is 18.8. The molecule has 39 heavy (non-hydrogen) atoms. The average molecular weight is 609 g/mol. The summed E-state index contributed by atoms with van der Waals surface area (Å²) in [4.78, 5) is 13.2. The summed E-state index contributed by atoms with van der Waals surface area (Å²) in [5.74, 6) is -0.622. The summed E-state index contributed by atoms with van der Waals surface area (Å²) in [5.41, 5.74) is 1.66. The van der Waals surface area contributed by atoms with Crippen molar-refractivity contribution in [1.29, 1.82) is 0 Å². The van der Waals surface area contributed by atoms with E-state index in [1.165, 1.54) is 24.4 Å². The summed E-state index contributed by atoms with van der Waals surface area (Å²) in [6, 6.07) is 28.0. The molecule has 4 rings (SSSR count). The largest absolute Gasteiger partial charge is 0.490 e. The predicted octanol–water partition coefficient (Wildman–Crippen LogP) is 5.00. The Balaban J connectivity index is 1.60. The summed E-state index contributed by atoms with van der Waals surface area (Å²) in [7, 11) is -4.12. The van der Waals surface area contributed by atoms with Crippen LogP contribution in [0.15, 0.2) is 118 Å². The van der Waals surface area contributed by atoms with Crippen molar-refractivity contribution in [2.24, 2.45) is 5.10 Å². The number of amides is 1. The number of carbonyl (C=O) groups is 1. The Morgan fingerprint density at radius 2 is 1.49 bits per heavy atom. The second-order valence-corrected chi connectivity index (χ2v) is 10.7. The van der Waals surface area contributed by atoms with Crippen LogP contribution in [0.5, 0.6) is 11.5 Å². The number of hydrogen-bond donors (Lipinski definition) is 2. The van der Waals surface area contributed by atoms with Crippen molar-refractivity contribution in [3.63, 3.8) is 0 Å². The van der Waals surface area contributed by atoms with Crippen LogP contribution in [0.1, 0.15) is 23.6 Å². The third kappa shape index (κ3) is 6.36. The van der Waals surface area contributed by atoms with Gasteiger partial charge in [-0.15, -0.1) is 0 Å². The Kier molecular flexibility index (Phi) is 8.80. The number of aliphatic hydroxyl groups is 1. The van der Waals surface area contributed by atoms with Gasteiger partial charge >= 0.3 is 10.1 Å². The van der Waals surface area contributed by atoms with E-state index in [1.54, 1.807) is 91.9 Å². The Morgan fingerprint density at radius 1 is 0.949 bits per heavy atom. The van der Waals surface area contributed by atoms with Gasteiger partial charge in [-0.2, -0.15) is 13.5 Å². The van der Waals surface area contributed by atoms with E-state index < -0.39 is 21.6 Å². The molecule has 4 aromatic carbocycles. The number of nitrogens with zero attached hydrogens (tertiary/aromatic N) is 1. The van der Waals surface area contributed by atoms with E-state index in [4.69, 9.17) is 8.92 Å². The lowest BCUT2D eigenvalue weighted by Gasteiger charge is -2.27. The van der Waals surface area contributed by atoms with Crippen LogP contribution < -0.4 is 14.3 Å². The minimum Gasteiger partial charge on any atom is -0.490 e. The highest BCUT2D eigenvalue weighted by Crippen LogP contribution is 2.38. The SMILES string of the molecule is CCOc1cc(/C=N\NC(=O)C(O)(c2ccccc2)c2ccccc2)cc(Br)c1OS(=O)(=O)c1ccccc1. The molecule has 200 valence electrons. The highest BCUT2D eigenvalue weighted by molar-refractivity contribution is 9.10. The van der Waals surface area contributed by atoms with Crippen molar-refractivity contribution in [3.05, 3.63) is 124 Å². The van der Waals surface area contributed by atoms with Gasteiger partial charge < -0.3 is 14.0 Å². The van der Waals surface area contributed by atoms with Gasteiger partial charge in [0.05, 0.1) is 17.3 Å². The lowest BCUT2D eigenvalue weighted by molar-refractivity contribution is -0.136. The van der Waals surface area contributed by atoms with Crippen LogP contribution in [0, 0.1) is 0 Å². The van der Waals surface area contributed by atoms with Crippen LogP contribution in [0.2, 0.25) is 0 Å². The quantitative estimate of drug-likeness (QED) is 0.149. The Bertz CT molecular complexity index is 1520. The van der Waals surface area contributed by atoms with Gasteiger partial charge in [-0.05, 0) is 63.8 Å². The lowest BCUT2D eigenvalue weighted by Crippen LogP contribution is -2.43. The fourth-order valence-electron chi connectivity index (χ4n) is 3.79. The first kappa shape index (κ1) is 28.0. The summed E-state index contributed by atoms with van der Waals surface area (Å²) in [6.07, 6.45) is 1.34. The number of rotatable bonds is 10. The van der Waals surface area contributed by atoms with Gasteiger partial charge in [0, 0.05) is 0 Å². The molecule has 2 N–H and O–H groups in total. The van der Waals surface area contributed by atoms with E-state index >= 15 is 0 Å². The smallest absolute Gasteiger partial charge is 0.339 e. The predicted molar refractivity (Wildman–Crippen MR) is 151 cm³/mol. The van der Waals surface area contributed by atoms with Crippen LogP contribution in [0.25, 0.3) is 0 Å². The molecule has 0 spiro atoms. The van der Waals surface area contributed by atoms with Gasteiger partial charge in [0.2, 0.25) is 0 Å². The van der Waals surface area contributed by atoms with Gasteiger partial charge in [-0.25, -0.2) is 5.43 Å². The summed E-state index contributed by atoms with van der Waals surface area (Å²) < 4.78 is 36.9. The molecule has 0 aliphatic rings. The molecule has 0 aliphatic carbocycles. The molecular weight excluding hydrogens is 584 g/mol. The molecule has 0 heterocycles. The van der Waals surface area contributed by atoms with E-state index in [0.29, 0.717) is 21.2 Å². The number of ether oxygens (including phenoxy) is 1. The number of benzene rings is 4. The van der Waals surface area contributed by atoms with E-state index in [2.05, 4.69) is 26.5 Å². The fourth-order valence-corrected chi connectivity index (χ4v) is 5.41. The molecule has 1 amide bonds. The third-order valence-corrected chi connectivity index (χ3v) is 7.47.